The lowest BCUT2D eigenvalue weighted by Crippen LogP contribution is -2.30. The molecule has 0 rings (SSSR count). The second kappa shape index (κ2) is 12.3. The summed E-state index contributed by atoms with van der Waals surface area (Å²) in [6, 6.07) is 0. The summed E-state index contributed by atoms with van der Waals surface area (Å²) in [5.74, 6) is -1.13. The molecule has 11 heteroatoms. The number of hydrogen-bond donors (Lipinski definition) is 2. The molecule has 24 heavy (non-hydrogen) atoms. The van der Waals surface area contributed by atoms with Gasteiger partial charge in [0.1, 0.15) is 12.7 Å². The first-order chi connectivity index (χ1) is 11.2. The molecule has 0 aliphatic carbocycles. The second-order valence-electron chi connectivity index (χ2n) is 4.77. The van der Waals surface area contributed by atoms with Gasteiger partial charge in [-0.05, 0) is 6.42 Å². The first-order valence-electron chi connectivity index (χ1n) is 7.48. The lowest BCUT2D eigenvalue weighted by molar-refractivity contribution is -0.230. The molecule has 0 spiro atoms. The summed E-state index contributed by atoms with van der Waals surface area (Å²) < 4.78 is 30.2. The molecule has 0 bridgehead atoms. The smallest absolute Gasteiger partial charge is 0.306 e. The number of rotatable bonds is 13. The summed E-state index contributed by atoms with van der Waals surface area (Å²) in [4.78, 5) is 34.1. The van der Waals surface area contributed by atoms with Crippen LogP contribution in [0, 0.1) is 0 Å². The molecule has 2 unspecified atom stereocenters. The maximum atomic E-state index is 11.5. The average Bonchev–Trinajstić information content (AvgIpc) is 2.55. The number of aliphatic hydroxyl groups is 2. The Hall–Kier alpha value is -1.03. The Morgan fingerprint density at radius 3 is 2.29 bits per heavy atom. The van der Waals surface area contributed by atoms with Crippen LogP contribution in [0.1, 0.15) is 33.1 Å². The van der Waals surface area contributed by atoms with E-state index in [1.165, 1.54) is 0 Å². The van der Waals surface area contributed by atoms with Crippen LogP contribution in [-0.2, 0) is 32.7 Å². The Bertz CT molecular complexity index is 427. The number of hydrogen-bond acceptors (Lipinski definition) is 10. The summed E-state index contributed by atoms with van der Waals surface area (Å²) >= 11 is 0. The number of ether oxygens (including phenoxy) is 2. The van der Waals surface area contributed by atoms with E-state index < -0.39 is 51.8 Å². The zero-order valence-corrected chi connectivity index (χ0v) is 14.6. The van der Waals surface area contributed by atoms with E-state index in [0.717, 1.165) is 0 Å². The highest BCUT2D eigenvalue weighted by Gasteiger charge is 2.21. The largest absolute Gasteiger partial charge is 0.756 e. The van der Waals surface area contributed by atoms with Crippen molar-refractivity contribution >= 4 is 19.8 Å². The summed E-state index contributed by atoms with van der Waals surface area (Å²) in [7, 11) is -4.78. The number of esters is 2. The number of carbonyl (C=O) groups excluding carboxylic acids is 2. The highest BCUT2D eigenvalue weighted by molar-refractivity contribution is 7.45. The normalized spacial score (nSPS) is 16.0. The highest BCUT2D eigenvalue weighted by atomic mass is 31.2. The Morgan fingerprint density at radius 2 is 1.75 bits per heavy atom. The van der Waals surface area contributed by atoms with Gasteiger partial charge in [-0.15, -0.1) is 0 Å². The monoisotopic (exact) mass is 371 g/mol. The molecule has 0 saturated carbocycles. The molecule has 0 fully saturated rings. The first-order valence-corrected chi connectivity index (χ1v) is 8.94. The lowest BCUT2D eigenvalue weighted by atomic mass is 10.3. The van der Waals surface area contributed by atoms with Crippen LogP contribution >= 0.6 is 7.82 Å². The van der Waals surface area contributed by atoms with Gasteiger partial charge in [-0.1, -0.05) is 13.8 Å². The third kappa shape index (κ3) is 11.5. The minimum absolute atomic E-state index is 0.110. The molecule has 0 aromatic heterocycles. The van der Waals surface area contributed by atoms with Gasteiger partial charge in [-0.3, -0.25) is 14.2 Å². The maximum absolute atomic E-state index is 11.5. The SMILES string of the molecule is CCCC(=O)O[C@H](COC(=O)CC)COP(=O)([O-])OCC(O)CO. The molecule has 142 valence electrons. The second-order valence-corrected chi connectivity index (χ2v) is 6.18. The standard InChI is InChI=1S/C13H25O10P/c1-3-5-13(17)23-11(8-20-12(16)4-2)9-22-24(18,19)21-7-10(15)6-14/h10-11,14-15H,3-9H2,1-2H3,(H,18,19)/p-1/t10?,11-/m1/s1. The van der Waals surface area contributed by atoms with Gasteiger partial charge in [0.15, 0.2) is 6.10 Å². The number of aliphatic hydroxyl groups excluding tert-OH is 2. The molecule has 0 heterocycles. The Labute approximate surface area is 140 Å². The van der Waals surface area contributed by atoms with E-state index >= 15 is 0 Å². The third-order valence-corrected chi connectivity index (χ3v) is 3.46. The van der Waals surface area contributed by atoms with Crippen LogP contribution in [0.25, 0.3) is 0 Å². The van der Waals surface area contributed by atoms with Gasteiger partial charge in [0, 0.05) is 12.8 Å². The highest BCUT2D eigenvalue weighted by Crippen LogP contribution is 2.38. The Morgan fingerprint density at radius 1 is 1.12 bits per heavy atom. The molecule has 0 aromatic rings. The maximum Gasteiger partial charge on any atom is 0.306 e. The molecule has 0 amide bonds. The van der Waals surface area contributed by atoms with E-state index in [1.807, 2.05) is 0 Å². The zero-order chi connectivity index (χ0) is 18.6. The molecular formula is C13H24O10P-. The minimum atomic E-state index is -4.78. The van der Waals surface area contributed by atoms with Crippen LogP contribution in [0.2, 0.25) is 0 Å². The van der Waals surface area contributed by atoms with Gasteiger partial charge < -0.3 is 33.6 Å². The topological polar surface area (TPSA) is 152 Å². The van der Waals surface area contributed by atoms with Crippen molar-refractivity contribution in [3.63, 3.8) is 0 Å². The minimum Gasteiger partial charge on any atom is -0.756 e. The summed E-state index contributed by atoms with van der Waals surface area (Å²) in [6.07, 6.45) is -1.73. The van der Waals surface area contributed by atoms with Crippen molar-refractivity contribution in [3.05, 3.63) is 0 Å². The zero-order valence-electron chi connectivity index (χ0n) is 13.7. The van der Waals surface area contributed by atoms with E-state index in [9.17, 15) is 19.0 Å². The molecule has 2 N–H and O–H groups in total. The van der Waals surface area contributed by atoms with E-state index in [1.54, 1.807) is 13.8 Å². The fourth-order valence-corrected chi connectivity index (χ4v) is 2.07. The van der Waals surface area contributed by atoms with Gasteiger partial charge in [0.2, 0.25) is 0 Å². The van der Waals surface area contributed by atoms with Crippen molar-refractivity contribution in [3.8, 4) is 0 Å². The van der Waals surface area contributed by atoms with Crippen molar-refractivity contribution in [1.82, 2.24) is 0 Å². The first kappa shape index (κ1) is 23.0. The molecule has 3 atom stereocenters. The molecule has 0 saturated heterocycles. The van der Waals surface area contributed by atoms with Gasteiger partial charge >= 0.3 is 11.9 Å². The van der Waals surface area contributed by atoms with Crippen molar-refractivity contribution in [2.24, 2.45) is 0 Å². The number of carbonyl (C=O) groups is 2. The van der Waals surface area contributed by atoms with Crippen molar-refractivity contribution in [2.75, 3.05) is 26.4 Å². The van der Waals surface area contributed by atoms with E-state index in [0.29, 0.717) is 6.42 Å². The molecule has 0 aromatic carbocycles. The predicted molar refractivity (Wildman–Crippen MR) is 78.6 cm³/mol. The summed E-state index contributed by atoms with van der Waals surface area (Å²) in [5.41, 5.74) is 0. The molecular weight excluding hydrogens is 347 g/mol. The van der Waals surface area contributed by atoms with Crippen LogP contribution in [0.15, 0.2) is 0 Å². The molecule has 10 nitrogen and oxygen atoms in total. The average molecular weight is 371 g/mol. The van der Waals surface area contributed by atoms with Crippen LogP contribution in [-0.4, -0.2) is 60.8 Å². The molecule has 0 aliphatic rings. The van der Waals surface area contributed by atoms with Crippen LogP contribution in [0.4, 0.5) is 0 Å². The lowest BCUT2D eigenvalue weighted by Gasteiger charge is -2.26. The Balaban J connectivity index is 4.52. The number of phosphoric ester groups is 1. The quantitative estimate of drug-likeness (QED) is 0.320. The van der Waals surface area contributed by atoms with Crippen LogP contribution in [0.5, 0.6) is 0 Å². The van der Waals surface area contributed by atoms with Gasteiger partial charge in [-0.2, -0.15) is 0 Å². The van der Waals surface area contributed by atoms with Crippen molar-refractivity contribution < 1.29 is 47.8 Å². The third-order valence-electron chi connectivity index (χ3n) is 2.53. The fourth-order valence-electron chi connectivity index (χ4n) is 1.29. The predicted octanol–water partition coefficient (Wildman–Crippen LogP) is -0.494. The molecule has 0 radical (unpaired) electrons. The summed E-state index contributed by atoms with van der Waals surface area (Å²) in [5, 5.41) is 17.6. The van der Waals surface area contributed by atoms with Gasteiger partial charge in [0.25, 0.3) is 7.82 Å². The van der Waals surface area contributed by atoms with Crippen molar-refractivity contribution in [1.29, 1.82) is 0 Å². The van der Waals surface area contributed by atoms with Gasteiger partial charge in [0.05, 0.1) is 19.8 Å². The number of phosphoric acid groups is 1. The van der Waals surface area contributed by atoms with E-state index in [2.05, 4.69) is 9.05 Å². The van der Waals surface area contributed by atoms with Crippen LogP contribution < -0.4 is 4.89 Å². The Kier molecular flexibility index (Phi) is 11.8. The molecule has 0 aliphatic heterocycles. The van der Waals surface area contributed by atoms with Crippen molar-refractivity contribution in [2.45, 2.75) is 45.3 Å². The summed E-state index contributed by atoms with van der Waals surface area (Å²) in [6.45, 7) is 1.01. The van der Waals surface area contributed by atoms with Crippen LogP contribution in [0.3, 0.4) is 0 Å². The van der Waals surface area contributed by atoms with E-state index in [4.69, 9.17) is 19.7 Å². The van der Waals surface area contributed by atoms with E-state index in [-0.39, 0.29) is 19.4 Å². The fraction of sp³-hybridized carbons (Fsp3) is 0.846. The van der Waals surface area contributed by atoms with Gasteiger partial charge in [-0.25, -0.2) is 0 Å².